The minimum Gasteiger partial charge on any atom is -0.492 e. The number of hydrogen-bond acceptors (Lipinski definition) is 4. The van der Waals surface area contributed by atoms with Crippen LogP contribution in [0.3, 0.4) is 0 Å². The van der Waals surface area contributed by atoms with Crippen LogP contribution in [-0.4, -0.2) is 18.1 Å². The van der Waals surface area contributed by atoms with E-state index in [-0.39, 0.29) is 0 Å². The van der Waals surface area contributed by atoms with E-state index in [2.05, 4.69) is 4.98 Å². The molecule has 1 heterocycles. The second kappa shape index (κ2) is 3.45. The Labute approximate surface area is 75.3 Å². The topological polar surface area (TPSA) is 61.3 Å². The maximum absolute atomic E-state index is 5.33. The SMILES string of the molecule is NCCOc1ccc2ocnc2c1. The quantitative estimate of drug-likeness (QED) is 0.766. The predicted octanol–water partition coefficient (Wildman–Crippen LogP) is 1.17. The van der Waals surface area contributed by atoms with Crippen LogP contribution in [0.25, 0.3) is 11.1 Å². The molecule has 0 radical (unpaired) electrons. The Morgan fingerprint density at radius 1 is 1.46 bits per heavy atom. The van der Waals surface area contributed by atoms with Gasteiger partial charge in [-0.25, -0.2) is 4.98 Å². The van der Waals surface area contributed by atoms with Gasteiger partial charge in [0.2, 0.25) is 0 Å². The van der Waals surface area contributed by atoms with Crippen molar-refractivity contribution in [3.05, 3.63) is 24.6 Å². The number of rotatable bonds is 3. The average molecular weight is 178 g/mol. The molecule has 0 aliphatic heterocycles. The molecule has 0 aliphatic carbocycles. The van der Waals surface area contributed by atoms with E-state index in [0.717, 1.165) is 16.8 Å². The molecular weight excluding hydrogens is 168 g/mol. The fraction of sp³-hybridized carbons (Fsp3) is 0.222. The third-order valence-electron chi connectivity index (χ3n) is 1.69. The van der Waals surface area contributed by atoms with E-state index in [4.69, 9.17) is 14.9 Å². The third-order valence-corrected chi connectivity index (χ3v) is 1.69. The smallest absolute Gasteiger partial charge is 0.181 e. The molecule has 0 saturated carbocycles. The van der Waals surface area contributed by atoms with Crippen molar-refractivity contribution in [2.24, 2.45) is 5.73 Å². The molecule has 0 bridgehead atoms. The molecule has 2 N–H and O–H groups in total. The van der Waals surface area contributed by atoms with Crippen molar-refractivity contribution in [2.75, 3.05) is 13.2 Å². The second-order valence-electron chi connectivity index (χ2n) is 2.62. The molecule has 0 spiro atoms. The summed E-state index contributed by atoms with van der Waals surface area (Å²) in [5.74, 6) is 0.770. The summed E-state index contributed by atoms with van der Waals surface area (Å²) < 4.78 is 10.4. The first-order valence-corrected chi connectivity index (χ1v) is 4.06. The number of hydrogen-bond donors (Lipinski definition) is 1. The molecule has 1 aromatic carbocycles. The van der Waals surface area contributed by atoms with Crippen LogP contribution in [0.2, 0.25) is 0 Å². The number of nitrogens with two attached hydrogens (primary N) is 1. The van der Waals surface area contributed by atoms with E-state index in [9.17, 15) is 0 Å². The van der Waals surface area contributed by atoms with E-state index >= 15 is 0 Å². The van der Waals surface area contributed by atoms with Gasteiger partial charge in [0.15, 0.2) is 12.0 Å². The Morgan fingerprint density at radius 2 is 2.38 bits per heavy atom. The summed E-state index contributed by atoms with van der Waals surface area (Å²) in [6, 6.07) is 5.49. The van der Waals surface area contributed by atoms with E-state index in [1.807, 2.05) is 18.2 Å². The largest absolute Gasteiger partial charge is 0.492 e. The molecule has 13 heavy (non-hydrogen) atoms. The van der Waals surface area contributed by atoms with Gasteiger partial charge in [0.05, 0.1) is 0 Å². The fourth-order valence-corrected chi connectivity index (χ4v) is 1.10. The molecule has 2 rings (SSSR count). The number of fused-ring (bicyclic) bond motifs is 1. The Balaban J connectivity index is 2.26. The zero-order valence-corrected chi connectivity index (χ0v) is 7.06. The normalized spacial score (nSPS) is 10.5. The Morgan fingerprint density at radius 3 is 3.23 bits per heavy atom. The zero-order chi connectivity index (χ0) is 9.10. The minimum absolute atomic E-state index is 0.511. The molecule has 4 nitrogen and oxygen atoms in total. The lowest BCUT2D eigenvalue weighted by atomic mass is 10.3. The van der Waals surface area contributed by atoms with Crippen molar-refractivity contribution in [2.45, 2.75) is 0 Å². The summed E-state index contributed by atoms with van der Waals surface area (Å²) in [4.78, 5) is 4.01. The van der Waals surface area contributed by atoms with Crippen LogP contribution in [0.1, 0.15) is 0 Å². The van der Waals surface area contributed by atoms with Crippen molar-refractivity contribution in [1.29, 1.82) is 0 Å². The highest BCUT2D eigenvalue weighted by Gasteiger charge is 1.99. The summed E-state index contributed by atoms with van der Waals surface area (Å²) in [6.07, 6.45) is 1.41. The van der Waals surface area contributed by atoms with Crippen LogP contribution in [0.4, 0.5) is 0 Å². The fourth-order valence-electron chi connectivity index (χ4n) is 1.10. The van der Waals surface area contributed by atoms with E-state index in [1.54, 1.807) is 0 Å². The van der Waals surface area contributed by atoms with Gasteiger partial charge >= 0.3 is 0 Å². The summed E-state index contributed by atoms with van der Waals surface area (Å²) >= 11 is 0. The zero-order valence-electron chi connectivity index (χ0n) is 7.06. The van der Waals surface area contributed by atoms with Crippen molar-refractivity contribution in [3.63, 3.8) is 0 Å². The molecule has 0 unspecified atom stereocenters. The van der Waals surface area contributed by atoms with Gasteiger partial charge in [-0.15, -0.1) is 0 Å². The lowest BCUT2D eigenvalue weighted by molar-refractivity contribution is 0.328. The molecule has 4 heteroatoms. The highest BCUT2D eigenvalue weighted by Crippen LogP contribution is 2.18. The molecule has 1 aromatic heterocycles. The van der Waals surface area contributed by atoms with Gasteiger partial charge in [0.1, 0.15) is 17.9 Å². The van der Waals surface area contributed by atoms with Gasteiger partial charge in [-0.2, -0.15) is 0 Å². The third kappa shape index (κ3) is 1.62. The Hall–Kier alpha value is -1.55. The standard InChI is InChI=1S/C9H10N2O2/c10-3-4-12-7-1-2-9-8(5-7)11-6-13-9/h1-2,5-6H,3-4,10H2. The highest BCUT2D eigenvalue weighted by atomic mass is 16.5. The van der Waals surface area contributed by atoms with Gasteiger partial charge in [-0.3, -0.25) is 0 Å². The maximum atomic E-state index is 5.33. The van der Waals surface area contributed by atoms with Crippen molar-refractivity contribution >= 4 is 11.1 Å². The van der Waals surface area contributed by atoms with Crippen LogP contribution < -0.4 is 10.5 Å². The molecule has 2 aromatic rings. The van der Waals surface area contributed by atoms with Crippen LogP contribution in [0.5, 0.6) is 5.75 Å². The van der Waals surface area contributed by atoms with E-state index in [1.165, 1.54) is 6.39 Å². The van der Waals surface area contributed by atoms with E-state index in [0.29, 0.717) is 13.2 Å². The molecule has 68 valence electrons. The lowest BCUT2D eigenvalue weighted by Gasteiger charge is -2.02. The van der Waals surface area contributed by atoms with Gasteiger partial charge in [-0.05, 0) is 12.1 Å². The molecule has 0 fully saturated rings. The molecule has 0 amide bonds. The monoisotopic (exact) mass is 178 g/mol. The molecular formula is C9H10N2O2. The molecule has 0 atom stereocenters. The van der Waals surface area contributed by atoms with Gasteiger partial charge in [-0.1, -0.05) is 0 Å². The van der Waals surface area contributed by atoms with Gasteiger partial charge < -0.3 is 14.9 Å². The van der Waals surface area contributed by atoms with E-state index < -0.39 is 0 Å². The molecule has 0 aliphatic rings. The van der Waals surface area contributed by atoms with Crippen molar-refractivity contribution < 1.29 is 9.15 Å². The number of nitrogens with zero attached hydrogens (tertiary/aromatic N) is 1. The van der Waals surface area contributed by atoms with Crippen LogP contribution >= 0.6 is 0 Å². The first-order chi connectivity index (χ1) is 6.40. The highest BCUT2D eigenvalue weighted by molar-refractivity contribution is 5.73. The number of ether oxygens (including phenoxy) is 1. The van der Waals surface area contributed by atoms with Crippen molar-refractivity contribution in [3.8, 4) is 5.75 Å². The maximum Gasteiger partial charge on any atom is 0.181 e. The van der Waals surface area contributed by atoms with Gasteiger partial charge in [0, 0.05) is 12.6 Å². The van der Waals surface area contributed by atoms with Crippen LogP contribution in [0, 0.1) is 0 Å². The van der Waals surface area contributed by atoms with Gasteiger partial charge in [0.25, 0.3) is 0 Å². The lowest BCUT2D eigenvalue weighted by Crippen LogP contribution is -2.10. The second-order valence-corrected chi connectivity index (χ2v) is 2.62. The minimum atomic E-state index is 0.511. The first-order valence-electron chi connectivity index (χ1n) is 4.06. The molecule has 0 saturated heterocycles. The Bertz CT molecular complexity index is 397. The summed E-state index contributed by atoms with van der Waals surface area (Å²) in [5.41, 5.74) is 6.87. The van der Waals surface area contributed by atoms with Crippen LogP contribution in [0.15, 0.2) is 29.0 Å². The number of oxazole rings is 1. The summed E-state index contributed by atoms with van der Waals surface area (Å²) in [5, 5.41) is 0. The predicted molar refractivity (Wildman–Crippen MR) is 48.6 cm³/mol. The summed E-state index contributed by atoms with van der Waals surface area (Å²) in [6.45, 7) is 1.03. The average Bonchev–Trinajstić information content (AvgIpc) is 2.61. The first kappa shape index (κ1) is 8.07. The number of aromatic nitrogens is 1. The van der Waals surface area contributed by atoms with Crippen LogP contribution in [-0.2, 0) is 0 Å². The summed E-state index contributed by atoms with van der Waals surface area (Å²) in [7, 11) is 0. The Kier molecular flexibility index (Phi) is 2.14. The van der Waals surface area contributed by atoms with Crippen molar-refractivity contribution in [1.82, 2.24) is 4.98 Å². The number of benzene rings is 1.